The van der Waals surface area contributed by atoms with Gasteiger partial charge in [-0.1, -0.05) is 17.3 Å². The van der Waals surface area contributed by atoms with Gasteiger partial charge in [-0.25, -0.2) is 0 Å². The van der Waals surface area contributed by atoms with E-state index in [1.807, 2.05) is 31.2 Å². The van der Waals surface area contributed by atoms with Crippen LogP contribution in [0.1, 0.15) is 24.2 Å². The summed E-state index contributed by atoms with van der Waals surface area (Å²) in [6, 6.07) is 7.80. The summed E-state index contributed by atoms with van der Waals surface area (Å²) >= 11 is 0. The van der Waals surface area contributed by atoms with Gasteiger partial charge in [-0.05, 0) is 31.0 Å². The molecule has 0 saturated carbocycles. The third-order valence-electron chi connectivity index (χ3n) is 2.55. The van der Waals surface area contributed by atoms with Crippen molar-refractivity contribution in [3.05, 3.63) is 41.5 Å². The van der Waals surface area contributed by atoms with E-state index in [0.717, 1.165) is 18.5 Å². The molecule has 5 nitrogen and oxygen atoms in total. The fourth-order valence-corrected chi connectivity index (χ4v) is 1.58. The second kappa shape index (κ2) is 6.16. The van der Waals surface area contributed by atoms with Crippen LogP contribution >= 0.6 is 0 Å². The molecule has 0 spiro atoms. The Hall–Kier alpha value is -1.88. The highest BCUT2D eigenvalue weighted by molar-refractivity contribution is 5.39. The van der Waals surface area contributed by atoms with Crippen LogP contribution < -0.4 is 5.73 Å². The van der Waals surface area contributed by atoms with E-state index >= 15 is 0 Å². The van der Waals surface area contributed by atoms with Crippen molar-refractivity contribution in [2.24, 2.45) is 0 Å². The minimum atomic E-state index is 0.405. The van der Waals surface area contributed by atoms with Crippen LogP contribution in [-0.2, 0) is 24.2 Å². The molecule has 2 N–H and O–H groups in total. The molecule has 0 atom stereocenters. The van der Waals surface area contributed by atoms with Gasteiger partial charge in [0.25, 0.3) is 0 Å². The highest BCUT2D eigenvalue weighted by Crippen LogP contribution is 2.09. The fraction of sp³-hybridized carbons (Fsp3) is 0.385. The Balaban J connectivity index is 1.86. The molecule has 1 heterocycles. The van der Waals surface area contributed by atoms with E-state index in [2.05, 4.69) is 10.1 Å². The first-order chi connectivity index (χ1) is 8.78. The molecule has 0 aliphatic carbocycles. The van der Waals surface area contributed by atoms with Gasteiger partial charge < -0.3 is 15.0 Å². The summed E-state index contributed by atoms with van der Waals surface area (Å²) in [5, 5.41) is 3.85. The van der Waals surface area contributed by atoms with Gasteiger partial charge in [0.05, 0.1) is 0 Å². The lowest BCUT2D eigenvalue weighted by Crippen LogP contribution is -1.95. The number of rotatable bonds is 6. The standard InChI is InChI=1S/C13H17N3O2/c1-2-17-9-12-15-13(18-16-12)8-5-10-3-6-11(14)7-4-10/h3-4,6-7H,2,5,8-9,14H2,1H3. The summed E-state index contributed by atoms with van der Waals surface area (Å²) in [7, 11) is 0. The predicted molar refractivity (Wildman–Crippen MR) is 67.9 cm³/mol. The number of nitrogens with two attached hydrogens (primary N) is 1. The maximum absolute atomic E-state index is 5.63. The molecule has 0 unspecified atom stereocenters. The average Bonchev–Trinajstić information content (AvgIpc) is 2.84. The van der Waals surface area contributed by atoms with E-state index in [0.29, 0.717) is 24.9 Å². The van der Waals surface area contributed by atoms with Crippen LogP contribution in [-0.4, -0.2) is 16.7 Å². The van der Waals surface area contributed by atoms with Gasteiger partial charge in [0, 0.05) is 18.7 Å². The highest BCUT2D eigenvalue weighted by atomic mass is 16.5. The number of benzene rings is 1. The lowest BCUT2D eigenvalue weighted by atomic mass is 10.1. The molecule has 18 heavy (non-hydrogen) atoms. The zero-order chi connectivity index (χ0) is 12.8. The highest BCUT2D eigenvalue weighted by Gasteiger charge is 2.06. The molecule has 2 aromatic rings. The Bertz CT molecular complexity index is 479. The Labute approximate surface area is 106 Å². The van der Waals surface area contributed by atoms with Crippen LogP contribution in [0.25, 0.3) is 0 Å². The summed E-state index contributed by atoms with van der Waals surface area (Å²) in [6.45, 7) is 2.99. The van der Waals surface area contributed by atoms with Gasteiger partial charge in [0.2, 0.25) is 5.89 Å². The maximum Gasteiger partial charge on any atom is 0.227 e. The van der Waals surface area contributed by atoms with Crippen LogP contribution in [0, 0.1) is 0 Å². The number of hydrogen-bond donors (Lipinski definition) is 1. The molecule has 1 aromatic heterocycles. The second-order valence-corrected chi connectivity index (χ2v) is 3.98. The van der Waals surface area contributed by atoms with Gasteiger partial charge in [-0.3, -0.25) is 0 Å². The van der Waals surface area contributed by atoms with Crippen molar-refractivity contribution < 1.29 is 9.26 Å². The number of hydrogen-bond acceptors (Lipinski definition) is 5. The first-order valence-corrected chi connectivity index (χ1v) is 6.01. The molecule has 2 rings (SSSR count). The van der Waals surface area contributed by atoms with E-state index in [1.165, 1.54) is 5.56 Å². The molecule has 0 radical (unpaired) electrons. The average molecular weight is 247 g/mol. The fourth-order valence-electron chi connectivity index (χ4n) is 1.58. The largest absolute Gasteiger partial charge is 0.399 e. The van der Waals surface area contributed by atoms with Crippen LogP contribution in [0.15, 0.2) is 28.8 Å². The van der Waals surface area contributed by atoms with Gasteiger partial charge in [0.1, 0.15) is 6.61 Å². The van der Waals surface area contributed by atoms with Crippen molar-refractivity contribution in [3.63, 3.8) is 0 Å². The van der Waals surface area contributed by atoms with Gasteiger partial charge in [-0.15, -0.1) is 0 Å². The summed E-state index contributed by atoms with van der Waals surface area (Å²) in [5.41, 5.74) is 7.61. The Morgan fingerprint density at radius 2 is 2.00 bits per heavy atom. The minimum Gasteiger partial charge on any atom is -0.399 e. The molecule has 1 aromatic carbocycles. The number of aryl methyl sites for hydroxylation is 2. The van der Waals surface area contributed by atoms with E-state index < -0.39 is 0 Å². The van der Waals surface area contributed by atoms with Crippen molar-refractivity contribution in [3.8, 4) is 0 Å². The summed E-state index contributed by atoms with van der Waals surface area (Å²) in [6.07, 6.45) is 1.58. The van der Waals surface area contributed by atoms with Crippen LogP contribution in [0.2, 0.25) is 0 Å². The molecule has 0 aliphatic rings. The van der Waals surface area contributed by atoms with E-state index in [9.17, 15) is 0 Å². The zero-order valence-corrected chi connectivity index (χ0v) is 10.4. The number of nitrogens with zero attached hydrogens (tertiary/aromatic N) is 2. The molecule has 0 fully saturated rings. The van der Waals surface area contributed by atoms with E-state index in [-0.39, 0.29) is 0 Å². The van der Waals surface area contributed by atoms with Crippen molar-refractivity contribution in [1.29, 1.82) is 0 Å². The second-order valence-electron chi connectivity index (χ2n) is 3.98. The number of anilines is 1. The quantitative estimate of drug-likeness (QED) is 0.790. The lowest BCUT2D eigenvalue weighted by Gasteiger charge is -1.98. The van der Waals surface area contributed by atoms with Crippen molar-refractivity contribution >= 4 is 5.69 Å². The SMILES string of the molecule is CCOCc1noc(CCc2ccc(N)cc2)n1. The molecule has 96 valence electrons. The topological polar surface area (TPSA) is 74.2 Å². The number of ether oxygens (including phenoxy) is 1. The lowest BCUT2D eigenvalue weighted by molar-refractivity contribution is 0.126. The minimum absolute atomic E-state index is 0.405. The first kappa shape index (κ1) is 12.6. The number of nitrogen functional groups attached to an aromatic ring is 1. The van der Waals surface area contributed by atoms with Crippen LogP contribution in [0.5, 0.6) is 0 Å². The summed E-state index contributed by atoms with van der Waals surface area (Å²) in [5.74, 6) is 1.24. The summed E-state index contributed by atoms with van der Waals surface area (Å²) < 4.78 is 10.4. The Kier molecular flexibility index (Phi) is 4.30. The zero-order valence-electron chi connectivity index (χ0n) is 10.4. The third-order valence-corrected chi connectivity index (χ3v) is 2.55. The summed E-state index contributed by atoms with van der Waals surface area (Å²) in [4.78, 5) is 4.25. The van der Waals surface area contributed by atoms with Crippen molar-refractivity contribution in [1.82, 2.24) is 10.1 Å². The maximum atomic E-state index is 5.63. The molecule has 0 amide bonds. The number of aromatic nitrogens is 2. The molecule has 0 saturated heterocycles. The van der Waals surface area contributed by atoms with Gasteiger partial charge in [0.15, 0.2) is 5.82 Å². The monoisotopic (exact) mass is 247 g/mol. The molecule has 0 bridgehead atoms. The van der Waals surface area contributed by atoms with Crippen molar-refractivity contribution in [2.45, 2.75) is 26.4 Å². The van der Waals surface area contributed by atoms with Gasteiger partial charge in [-0.2, -0.15) is 4.98 Å². The Morgan fingerprint density at radius 3 is 2.72 bits per heavy atom. The Morgan fingerprint density at radius 1 is 1.22 bits per heavy atom. The third kappa shape index (κ3) is 3.56. The van der Waals surface area contributed by atoms with E-state index in [4.69, 9.17) is 15.0 Å². The molecule has 5 heteroatoms. The van der Waals surface area contributed by atoms with E-state index in [1.54, 1.807) is 0 Å². The molecular weight excluding hydrogens is 230 g/mol. The normalized spacial score (nSPS) is 10.7. The molecular formula is C13H17N3O2. The smallest absolute Gasteiger partial charge is 0.227 e. The predicted octanol–water partition coefficient (Wildman–Crippen LogP) is 1.97. The van der Waals surface area contributed by atoms with Crippen LogP contribution in [0.3, 0.4) is 0 Å². The van der Waals surface area contributed by atoms with Crippen molar-refractivity contribution in [2.75, 3.05) is 12.3 Å². The first-order valence-electron chi connectivity index (χ1n) is 6.01. The van der Waals surface area contributed by atoms with Gasteiger partial charge >= 0.3 is 0 Å². The van der Waals surface area contributed by atoms with Crippen LogP contribution in [0.4, 0.5) is 5.69 Å². The molecule has 0 aliphatic heterocycles.